The van der Waals surface area contributed by atoms with Crippen LogP contribution in [0.5, 0.6) is 0 Å². The lowest BCUT2D eigenvalue weighted by molar-refractivity contribution is -0.115. The zero-order valence-electron chi connectivity index (χ0n) is 14.7. The van der Waals surface area contributed by atoms with Gasteiger partial charge >= 0.3 is 0 Å². The van der Waals surface area contributed by atoms with Gasteiger partial charge in [0, 0.05) is 18.4 Å². The molecule has 1 amide bonds. The topological polar surface area (TPSA) is 85.3 Å². The Kier molecular flexibility index (Phi) is 4.63. The van der Waals surface area contributed by atoms with Crippen molar-refractivity contribution in [3.63, 3.8) is 0 Å². The van der Waals surface area contributed by atoms with Crippen LogP contribution in [0.1, 0.15) is 11.1 Å². The van der Waals surface area contributed by atoms with E-state index in [0.717, 1.165) is 33.6 Å². The molecule has 3 N–H and O–H groups in total. The van der Waals surface area contributed by atoms with Gasteiger partial charge in [0.1, 0.15) is 6.33 Å². The number of rotatable bonds is 5. The van der Waals surface area contributed by atoms with Crippen molar-refractivity contribution in [3.05, 3.63) is 84.3 Å². The third kappa shape index (κ3) is 3.86. The summed E-state index contributed by atoms with van der Waals surface area (Å²) in [6, 6.07) is 19.5. The maximum atomic E-state index is 12.3. The number of aromatic nitrogens is 3. The van der Waals surface area contributed by atoms with Crippen molar-refractivity contribution in [2.75, 3.05) is 5.32 Å². The van der Waals surface area contributed by atoms with E-state index in [0.29, 0.717) is 13.0 Å². The number of fused-ring (bicyclic) bond motifs is 1. The molecule has 4 aromatic rings. The molecule has 0 radical (unpaired) electrons. The molecule has 0 saturated heterocycles. The Morgan fingerprint density at radius 2 is 1.70 bits per heavy atom. The number of carbonyl (C=O) groups is 1. The van der Waals surface area contributed by atoms with E-state index in [1.54, 1.807) is 4.52 Å². The van der Waals surface area contributed by atoms with E-state index in [-0.39, 0.29) is 5.91 Å². The van der Waals surface area contributed by atoms with Crippen molar-refractivity contribution in [2.24, 2.45) is 5.73 Å². The number of anilines is 1. The molecule has 6 heteroatoms. The van der Waals surface area contributed by atoms with E-state index in [2.05, 4.69) is 15.4 Å². The summed E-state index contributed by atoms with van der Waals surface area (Å²) in [5.74, 6) is -0.0480. The molecule has 2 aromatic heterocycles. The first-order valence-electron chi connectivity index (χ1n) is 8.69. The van der Waals surface area contributed by atoms with Crippen LogP contribution in [0.3, 0.4) is 0 Å². The van der Waals surface area contributed by atoms with E-state index >= 15 is 0 Å². The average molecular weight is 357 g/mol. The largest absolute Gasteiger partial charge is 0.326 e. The number of nitrogens with two attached hydrogens (primary N) is 1. The van der Waals surface area contributed by atoms with E-state index in [1.165, 1.54) is 6.33 Å². The molecule has 0 atom stereocenters. The summed E-state index contributed by atoms with van der Waals surface area (Å²) in [6.45, 7) is 0.491. The van der Waals surface area contributed by atoms with Crippen molar-refractivity contribution < 1.29 is 4.79 Å². The number of hydrogen-bond acceptors (Lipinski definition) is 4. The van der Waals surface area contributed by atoms with Gasteiger partial charge in [-0.1, -0.05) is 36.4 Å². The molecule has 0 aliphatic heterocycles. The van der Waals surface area contributed by atoms with Gasteiger partial charge < -0.3 is 11.1 Å². The molecular weight excluding hydrogens is 338 g/mol. The number of pyridine rings is 1. The molecule has 4 rings (SSSR count). The Hall–Kier alpha value is -3.51. The standard InChI is InChI=1S/C21H19N5O/c22-13-16-3-7-19(8-4-16)25-21(27)11-15-1-5-17(6-2-15)18-9-10-26-20(12-18)23-14-24-26/h1-10,12,14H,11,13,22H2,(H,25,27). The van der Waals surface area contributed by atoms with Gasteiger partial charge in [0.2, 0.25) is 5.91 Å². The van der Waals surface area contributed by atoms with Crippen LogP contribution in [0.2, 0.25) is 0 Å². The van der Waals surface area contributed by atoms with Crippen molar-refractivity contribution in [1.29, 1.82) is 0 Å². The van der Waals surface area contributed by atoms with Gasteiger partial charge in [-0.05, 0) is 46.5 Å². The minimum absolute atomic E-state index is 0.0480. The van der Waals surface area contributed by atoms with Crippen LogP contribution >= 0.6 is 0 Å². The zero-order chi connectivity index (χ0) is 18.6. The molecule has 2 heterocycles. The van der Waals surface area contributed by atoms with E-state index in [4.69, 9.17) is 5.73 Å². The Bertz CT molecular complexity index is 1070. The average Bonchev–Trinajstić information content (AvgIpc) is 3.17. The quantitative estimate of drug-likeness (QED) is 0.575. The van der Waals surface area contributed by atoms with E-state index in [9.17, 15) is 4.79 Å². The van der Waals surface area contributed by atoms with Crippen LogP contribution in [0.25, 0.3) is 16.8 Å². The Labute approximate surface area is 156 Å². The second-order valence-corrected chi connectivity index (χ2v) is 6.30. The van der Waals surface area contributed by atoms with Crippen LogP contribution in [-0.4, -0.2) is 20.5 Å². The third-order valence-corrected chi connectivity index (χ3v) is 4.41. The second-order valence-electron chi connectivity index (χ2n) is 6.30. The van der Waals surface area contributed by atoms with Gasteiger partial charge in [0.25, 0.3) is 0 Å². The highest BCUT2D eigenvalue weighted by Gasteiger charge is 2.06. The lowest BCUT2D eigenvalue weighted by Gasteiger charge is -2.07. The molecular formula is C21H19N5O. The fourth-order valence-electron chi connectivity index (χ4n) is 2.92. The molecule has 0 aliphatic rings. The number of nitrogens with zero attached hydrogens (tertiary/aromatic N) is 3. The summed E-state index contributed by atoms with van der Waals surface area (Å²) in [7, 11) is 0. The highest BCUT2D eigenvalue weighted by Crippen LogP contribution is 2.21. The van der Waals surface area contributed by atoms with Crippen LogP contribution in [0.4, 0.5) is 5.69 Å². The van der Waals surface area contributed by atoms with Crippen LogP contribution in [0, 0.1) is 0 Å². The van der Waals surface area contributed by atoms with Crippen LogP contribution in [0.15, 0.2) is 73.2 Å². The first-order valence-corrected chi connectivity index (χ1v) is 8.69. The summed E-state index contributed by atoms with van der Waals surface area (Å²) in [4.78, 5) is 16.5. The Balaban J connectivity index is 1.42. The number of amides is 1. The highest BCUT2D eigenvalue weighted by atomic mass is 16.1. The maximum Gasteiger partial charge on any atom is 0.228 e. The monoisotopic (exact) mass is 357 g/mol. The third-order valence-electron chi connectivity index (χ3n) is 4.41. The summed E-state index contributed by atoms with van der Waals surface area (Å²) in [6.07, 6.45) is 3.74. The second kappa shape index (κ2) is 7.39. The fourth-order valence-corrected chi connectivity index (χ4v) is 2.92. The van der Waals surface area contributed by atoms with Crippen LogP contribution in [-0.2, 0) is 17.8 Å². The molecule has 0 unspecified atom stereocenters. The molecule has 0 aliphatic carbocycles. The first-order chi connectivity index (χ1) is 13.2. The predicted molar refractivity (Wildman–Crippen MR) is 105 cm³/mol. The van der Waals surface area contributed by atoms with Gasteiger partial charge in [-0.3, -0.25) is 4.79 Å². The van der Waals surface area contributed by atoms with Gasteiger partial charge in [-0.25, -0.2) is 9.50 Å². The molecule has 0 spiro atoms. The van der Waals surface area contributed by atoms with Gasteiger partial charge in [-0.15, -0.1) is 0 Å². The van der Waals surface area contributed by atoms with E-state index in [1.807, 2.05) is 66.9 Å². The summed E-state index contributed by atoms with van der Waals surface area (Å²) < 4.78 is 1.72. The van der Waals surface area contributed by atoms with Gasteiger partial charge in [-0.2, -0.15) is 5.10 Å². The molecule has 6 nitrogen and oxygen atoms in total. The van der Waals surface area contributed by atoms with Gasteiger partial charge in [0.05, 0.1) is 6.42 Å². The summed E-state index contributed by atoms with van der Waals surface area (Å²) in [5, 5.41) is 7.01. The fraction of sp³-hybridized carbons (Fsp3) is 0.0952. The molecule has 0 bridgehead atoms. The van der Waals surface area contributed by atoms with E-state index < -0.39 is 0 Å². The van der Waals surface area contributed by atoms with Crippen molar-refractivity contribution in [1.82, 2.24) is 14.6 Å². The lowest BCUT2D eigenvalue weighted by Crippen LogP contribution is -2.14. The first kappa shape index (κ1) is 16.9. The number of hydrogen-bond donors (Lipinski definition) is 2. The highest BCUT2D eigenvalue weighted by molar-refractivity contribution is 5.92. The molecule has 27 heavy (non-hydrogen) atoms. The van der Waals surface area contributed by atoms with Crippen molar-refractivity contribution in [3.8, 4) is 11.1 Å². The van der Waals surface area contributed by atoms with Crippen molar-refractivity contribution >= 4 is 17.2 Å². The maximum absolute atomic E-state index is 12.3. The Morgan fingerprint density at radius 3 is 2.44 bits per heavy atom. The van der Waals surface area contributed by atoms with Gasteiger partial charge in [0.15, 0.2) is 5.65 Å². The van der Waals surface area contributed by atoms with Crippen LogP contribution < -0.4 is 11.1 Å². The molecule has 0 fully saturated rings. The summed E-state index contributed by atoms with van der Waals surface area (Å²) in [5.41, 5.74) is 11.3. The Morgan fingerprint density at radius 1 is 0.963 bits per heavy atom. The SMILES string of the molecule is NCc1ccc(NC(=O)Cc2ccc(-c3ccn4ncnc4c3)cc2)cc1. The number of carbonyl (C=O) groups excluding carboxylic acids is 1. The minimum Gasteiger partial charge on any atom is -0.326 e. The number of nitrogens with one attached hydrogen (secondary N) is 1. The summed E-state index contributed by atoms with van der Waals surface area (Å²) >= 11 is 0. The van der Waals surface area contributed by atoms with Crippen molar-refractivity contribution in [2.45, 2.75) is 13.0 Å². The number of benzene rings is 2. The molecule has 0 saturated carbocycles. The molecule has 2 aromatic carbocycles. The minimum atomic E-state index is -0.0480. The molecule has 134 valence electrons. The zero-order valence-corrected chi connectivity index (χ0v) is 14.7. The lowest BCUT2D eigenvalue weighted by atomic mass is 10.0. The predicted octanol–water partition coefficient (Wildman–Crippen LogP) is 3.04. The normalized spacial score (nSPS) is 10.9. The smallest absolute Gasteiger partial charge is 0.228 e.